The summed E-state index contributed by atoms with van der Waals surface area (Å²) in [6.45, 7) is 1.12. The van der Waals surface area contributed by atoms with E-state index < -0.39 is 0 Å². The highest BCUT2D eigenvalue weighted by Gasteiger charge is 2.32. The standard InChI is InChI=1S/C17H22ClN/c1-19-11-10-14-4-2-3-5-16(14)17(19)12-13-6-8-15(18)9-7-13/h6-10,16-17H,2-5,11-12H2,1H3. The zero-order valence-corrected chi connectivity index (χ0v) is 12.4. The van der Waals surface area contributed by atoms with Crippen molar-refractivity contribution in [3.8, 4) is 0 Å². The van der Waals surface area contributed by atoms with Gasteiger partial charge in [-0.3, -0.25) is 4.90 Å². The summed E-state index contributed by atoms with van der Waals surface area (Å²) >= 11 is 5.97. The second-order valence-electron chi connectivity index (χ2n) is 5.97. The van der Waals surface area contributed by atoms with Crippen molar-refractivity contribution in [2.75, 3.05) is 13.6 Å². The number of nitrogens with zero attached hydrogens (tertiary/aromatic N) is 1. The number of hydrogen-bond donors (Lipinski definition) is 0. The minimum atomic E-state index is 0.668. The van der Waals surface area contributed by atoms with Gasteiger partial charge in [-0.2, -0.15) is 0 Å². The molecule has 0 spiro atoms. The van der Waals surface area contributed by atoms with Crippen LogP contribution in [0.2, 0.25) is 5.02 Å². The molecule has 2 aliphatic rings. The lowest BCUT2D eigenvalue weighted by molar-refractivity contribution is 0.171. The third-order valence-electron chi connectivity index (χ3n) is 4.74. The first-order chi connectivity index (χ1) is 9.24. The smallest absolute Gasteiger partial charge is 0.0406 e. The Kier molecular flexibility index (Phi) is 3.95. The van der Waals surface area contributed by atoms with E-state index in [0.717, 1.165) is 23.9 Å². The summed E-state index contributed by atoms with van der Waals surface area (Å²) in [5.41, 5.74) is 3.14. The third kappa shape index (κ3) is 2.88. The average molecular weight is 276 g/mol. The lowest BCUT2D eigenvalue weighted by Crippen LogP contribution is -2.44. The van der Waals surface area contributed by atoms with Crippen LogP contribution in [0.15, 0.2) is 35.9 Å². The molecule has 1 aromatic carbocycles. The van der Waals surface area contributed by atoms with Crippen LogP contribution in [0.4, 0.5) is 0 Å². The SMILES string of the molecule is CN1CC=C2CCCCC2C1Cc1ccc(Cl)cc1. The van der Waals surface area contributed by atoms with Gasteiger partial charge < -0.3 is 0 Å². The monoisotopic (exact) mass is 275 g/mol. The van der Waals surface area contributed by atoms with Crippen LogP contribution in [0.1, 0.15) is 31.2 Å². The average Bonchev–Trinajstić information content (AvgIpc) is 2.44. The fraction of sp³-hybridized carbons (Fsp3) is 0.529. The summed E-state index contributed by atoms with van der Waals surface area (Å²) < 4.78 is 0. The minimum absolute atomic E-state index is 0.668. The summed E-state index contributed by atoms with van der Waals surface area (Å²) in [7, 11) is 2.27. The number of likely N-dealkylation sites (N-methyl/N-ethyl adjacent to an activating group) is 1. The number of fused-ring (bicyclic) bond motifs is 1. The fourth-order valence-electron chi connectivity index (χ4n) is 3.62. The van der Waals surface area contributed by atoms with E-state index >= 15 is 0 Å². The Morgan fingerprint density at radius 2 is 2.00 bits per heavy atom. The molecule has 2 unspecified atom stereocenters. The van der Waals surface area contributed by atoms with E-state index in [-0.39, 0.29) is 0 Å². The molecule has 1 aromatic rings. The molecule has 0 bridgehead atoms. The summed E-state index contributed by atoms with van der Waals surface area (Å²) in [6, 6.07) is 9.05. The summed E-state index contributed by atoms with van der Waals surface area (Å²) in [4.78, 5) is 2.52. The summed E-state index contributed by atoms with van der Waals surface area (Å²) in [5.74, 6) is 0.781. The number of benzene rings is 1. The van der Waals surface area contributed by atoms with Gasteiger partial charge in [0.25, 0.3) is 0 Å². The molecule has 1 fully saturated rings. The predicted molar refractivity (Wildman–Crippen MR) is 81.6 cm³/mol. The molecule has 3 rings (SSSR count). The third-order valence-corrected chi connectivity index (χ3v) is 4.99. The van der Waals surface area contributed by atoms with Gasteiger partial charge in [-0.05, 0) is 56.3 Å². The normalized spacial score (nSPS) is 27.8. The topological polar surface area (TPSA) is 3.24 Å². The first kappa shape index (κ1) is 13.2. The largest absolute Gasteiger partial charge is 0.299 e. The minimum Gasteiger partial charge on any atom is -0.299 e. The van der Waals surface area contributed by atoms with Crippen molar-refractivity contribution in [1.82, 2.24) is 4.90 Å². The second kappa shape index (κ2) is 5.68. The zero-order chi connectivity index (χ0) is 13.2. The van der Waals surface area contributed by atoms with E-state index in [1.54, 1.807) is 5.57 Å². The van der Waals surface area contributed by atoms with E-state index in [9.17, 15) is 0 Å². The molecule has 0 amide bonds. The van der Waals surface area contributed by atoms with Crippen LogP contribution >= 0.6 is 11.6 Å². The molecule has 19 heavy (non-hydrogen) atoms. The number of rotatable bonds is 2. The Balaban J connectivity index is 1.78. The van der Waals surface area contributed by atoms with Gasteiger partial charge in [0.2, 0.25) is 0 Å². The number of hydrogen-bond acceptors (Lipinski definition) is 1. The van der Waals surface area contributed by atoms with E-state index in [2.05, 4.69) is 30.2 Å². The molecule has 1 saturated carbocycles. The van der Waals surface area contributed by atoms with Gasteiger partial charge in [0.1, 0.15) is 0 Å². The Morgan fingerprint density at radius 3 is 2.79 bits per heavy atom. The van der Waals surface area contributed by atoms with Crippen molar-refractivity contribution in [2.24, 2.45) is 5.92 Å². The van der Waals surface area contributed by atoms with E-state index in [1.165, 1.54) is 31.2 Å². The first-order valence-electron chi connectivity index (χ1n) is 7.37. The Bertz CT molecular complexity index is 463. The predicted octanol–water partition coefficient (Wildman–Crippen LogP) is 4.31. The lowest BCUT2D eigenvalue weighted by atomic mass is 9.75. The van der Waals surface area contributed by atoms with Crippen LogP contribution in [-0.4, -0.2) is 24.5 Å². The molecule has 2 heteroatoms. The van der Waals surface area contributed by atoms with Gasteiger partial charge >= 0.3 is 0 Å². The highest BCUT2D eigenvalue weighted by molar-refractivity contribution is 6.30. The molecule has 0 saturated heterocycles. The lowest BCUT2D eigenvalue weighted by Gasteiger charge is -2.42. The van der Waals surface area contributed by atoms with Crippen LogP contribution in [0.5, 0.6) is 0 Å². The van der Waals surface area contributed by atoms with Gasteiger partial charge in [0.15, 0.2) is 0 Å². The van der Waals surface area contributed by atoms with Crippen molar-refractivity contribution in [3.63, 3.8) is 0 Å². The summed E-state index contributed by atoms with van der Waals surface area (Å²) in [6.07, 6.45) is 9.11. The van der Waals surface area contributed by atoms with Crippen molar-refractivity contribution in [1.29, 1.82) is 0 Å². The van der Waals surface area contributed by atoms with E-state index in [1.807, 2.05) is 12.1 Å². The van der Waals surface area contributed by atoms with Gasteiger partial charge in [-0.25, -0.2) is 0 Å². The molecular weight excluding hydrogens is 254 g/mol. The highest BCUT2D eigenvalue weighted by Crippen LogP contribution is 2.37. The van der Waals surface area contributed by atoms with Crippen LogP contribution in [0.25, 0.3) is 0 Å². The highest BCUT2D eigenvalue weighted by atomic mass is 35.5. The maximum Gasteiger partial charge on any atom is 0.0406 e. The second-order valence-corrected chi connectivity index (χ2v) is 6.41. The molecule has 0 N–H and O–H groups in total. The molecule has 1 nitrogen and oxygen atoms in total. The molecule has 1 aliphatic carbocycles. The Hall–Kier alpha value is -0.790. The van der Waals surface area contributed by atoms with Crippen LogP contribution < -0.4 is 0 Å². The zero-order valence-electron chi connectivity index (χ0n) is 11.6. The maximum absolute atomic E-state index is 5.97. The van der Waals surface area contributed by atoms with Crippen molar-refractivity contribution >= 4 is 11.6 Å². The van der Waals surface area contributed by atoms with Gasteiger partial charge in [0, 0.05) is 17.6 Å². The molecule has 0 aromatic heterocycles. The molecular formula is C17H22ClN. The Morgan fingerprint density at radius 1 is 1.21 bits per heavy atom. The van der Waals surface area contributed by atoms with Gasteiger partial charge in [-0.15, -0.1) is 0 Å². The van der Waals surface area contributed by atoms with Crippen LogP contribution in [0, 0.1) is 5.92 Å². The Labute approximate surface area is 121 Å². The van der Waals surface area contributed by atoms with Crippen molar-refractivity contribution < 1.29 is 0 Å². The fourth-order valence-corrected chi connectivity index (χ4v) is 3.75. The quantitative estimate of drug-likeness (QED) is 0.727. The van der Waals surface area contributed by atoms with Crippen molar-refractivity contribution in [2.45, 2.75) is 38.1 Å². The number of halogens is 1. The summed E-state index contributed by atoms with van der Waals surface area (Å²) in [5, 5.41) is 0.832. The van der Waals surface area contributed by atoms with E-state index in [4.69, 9.17) is 11.6 Å². The van der Waals surface area contributed by atoms with Gasteiger partial charge in [0.05, 0.1) is 0 Å². The van der Waals surface area contributed by atoms with E-state index in [0.29, 0.717) is 6.04 Å². The first-order valence-corrected chi connectivity index (χ1v) is 7.75. The van der Waals surface area contributed by atoms with Crippen molar-refractivity contribution in [3.05, 3.63) is 46.5 Å². The van der Waals surface area contributed by atoms with Crippen LogP contribution in [-0.2, 0) is 6.42 Å². The molecule has 1 aliphatic heterocycles. The molecule has 102 valence electrons. The molecule has 0 radical (unpaired) electrons. The van der Waals surface area contributed by atoms with Gasteiger partial charge in [-0.1, -0.05) is 41.8 Å². The van der Waals surface area contributed by atoms with Crippen LogP contribution in [0.3, 0.4) is 0 Å². The molecule has 2 atom stereocenters. The maximum atomic E-state index is 5.97. The molecule has 1 heterocycles.